The molecule has 0 saturated carbocycles. The van der Waals surface area contributed by atoms with Crippen LogP contribution >= 0.6 is 69.3 Å². The minimum absolute atomic E-state index is 0.000199. The molecule has 0 aliphatic rings. The molecule has 1 aromatic heterocycles. The lowest BCUT2D eigenvalue weighted by Crippen LogP contribution is -2.16. The summed E-state index contributed by atoms with van der Waals surface area (Å²) in [6, 6.07) is 7.85. The molecule has 0 fully saturated rings. The Morgan fingerprint density at radius 3 is 2.13 bits per heavy atom. The lowest BCUT2D eigenvalue weighted by molar-refractivity contribution is -0.141. The maximum Gasteiger partial charge on any atom is 0.434 e. The molecule has 12 heteroatoms. The van der Waals surface area contributed by atoms with Crippen molar-refractivity contribution in [3.8, 4) is 0 Å². The van der Waals surface area contributed by atoms with E-state index >= 15 is 0 Å². The fourth-order valence-corrected chi connectivity index (χ4v) is 4.67. The van der Waals surface area contributed by atoms with Crippen LogP contribution in [-0.2, 0) is 19.3 Å². The molecule has 0 atom stereocenters. The second-order valence-electron chi connectivity index (χ2n) is 6.01. The summed E-state index contributed by atoms with van der Waals surface area (Å²) in [5.41, 5.74) is 0.0129. The Morgan fingerprint density at radius 2 is 1.53 bits per heavy atom. The van der Waals surface area contributed by atoms with E-state index in [1.807, 2.05) is 0 Å². The van der Waals surface area contributed by atoms with Crippen molar-refractivity contribution in [2.24, 2.45) is 0 Å². The molecule has 0 aliphatic carbocycles. The van der Waals surface area contributed by atoms with Crippen molar-refractivity contribution in [2.45, 2.75) is 19.3 Å². The van der Waals surface area contributed by atoms with Crippen LogP contribution in [0.2, 0.25) is 25.1 Å². The molecule has 0 unspecified atom stereocenters. The molecule has 0 radical (unpaired) electrons. The average Bonchev–Trinajstić information content (AvgIpc) is 3.04. The molecular formula is C18H11Cl5F3N3S. The quantitative estimate of drug-likeness (QED) is 0.332. The highest BCUT2D eigenvalue weighted by molar-refractivity contribution is 7.15. The highest BCUT2D eigenvalue weighted by Gasteiger charge is 2.37. The average molecular weight is 536 g/mol. The van der Waals surface area contributed by atoms with E-state index in [-0.39, 0.29) is 32.3 Å². The number of hydrogen-bond donors (Lipinski definition) is 2. The number of hydrogen-bond acceptors (Lipinski definition) is 4. The first kappa shape index (κ1) is 23.7. The molecule has 3 nitrogen and oxygen atoms in total. The maximum atomic E-state index is 13.4. The molecular weight excluding hydrogens is 525 g/mol. The zero-order valence-corrected chi connectivity index (χ0v) is 19.3. The van der Waals surface area contributed by atoms with Crippen LogP contribution in [0.4, 0.5) is 24.0 Å². The van der Waals surface area contributed by atoms with E-state index < -0.39 is 11.9 Å². The highest BCUT2D eigenvalue weighted by Crippen LogP contribution is 2.40. The number of anilines is 2. The van der Waals surface area contributed by atoms with Crippen LogP contribution in [0.1, 0.15) is 16.1 Å². The Labute approximate surface area is 199 Å². The first-order chi connectivity index (χ1) is 14.0. The van der Waals surface area contributed by atoms with Crippen LogP contribution in [0.25, 0.3) is 0 Å². The number of benzene rings is 2. The number of halogens is 8. The van der Waals surface area contributed by atoms with Gasteiger partial charge in [0.25, 0.3) is 0 Å². The Bertz CT molecular complexity index is 1050. The summed E-state index contributed by atoms with van der Waals surface area (Å²) in [6.45, 7) is 0.236. The summed E-state index contributed by atoms with van der Waals surface area (Å²) in [5.74, 6) is 0. The fourth-order valence-electron chi connectivity index (χ4n) is 2.49. The van der Waals surface area contributed by atoms with E-state index in [9.17, 15) is 13.2 Å². The Morgan fingerprint density at radius 1 is 0.867 bits per heavy atom. The summed E-state index contributed by atoms with van der Waals surface area (Å²) >= 11 is 30.7. The van der Waals surface area contributed by atoms with Gasteiger partial charge in [-0.25, -0.2) is 4.98 Å². The van der Waals surface area contributed by atoms with Crippen molar-refractivity contribution in [2.75, 3.05) is 5.32 Å². The predicted octanol–water partition coefficient (Wildman–Crippen LogP) is 8.46. The minimum Gasteiger partial charge on any atom is -0.329 e. The van der Waals surface area contributed by atoms with E-state index in [0.29, 0.717) is 21.6 Å². The number of nitrogens with one attached hydrogen (secondary N) is 2. The van der Waals surface area contributed by atoms with E-state index in [4.69, 9.17) is 58.0 Å². The summed E-state index contributed by atoms with van der Waals surface area (Å²) in [7, 11) is 0. The van der Waals surface area contributed by atoms with Gasteiger partial charge in [-0.05, 0) is 29.8 Å². The van der Waals surface area contributed by atoms with Crippen molar-refractivity contribution in [1.82, 2.24) is 10.3 Å². The topological polar surface area (TPSA) is 37.0 Å². The molecule has 3 rings (SSSR count). The Kier molecular flexibility index (Phi) is 7.66. The lowest BCUT2D eigenvalue weighted by atomic mass is 10.2. The zero-order valence-electron chi connectivity index (χ0n) is 14.7. The SMILES string of the molecule is FC(F)(F)c1nc(Nc2c(Cl)cc(Cl)cc2Cl)sc1CNCc1ccc(Cl)c(Cl)c1. The van der Waals surface area contributed by atoms with Crippen molar-refractivity contribution < 1.29 is 13.2 Å². The van der Waals surface area contributed by atoms with E-state index in [2.05, 4.69) is 15.6 Å². The van der Waals surface area contributed by atoms with Crippen molar-refractivity contribution in [1.29, 1.82) is 0 Å². The third-order valence-corrected chi connectivity index (χ3v) is 6.33. The first-order valence-corrected chi connectivity index (χ1v) is 10.9. The highest BCUT2D eigenvalue weighted by atomic mass is 35.5. The molecule has 30 heavy (non-hydrogen) atoms. The second-order valence-corrected chi connectivity index (χ2v) is 9.16. The smallest absolute Gasteiger partial charge is 0.329 e. The van der Waals surface area contributed by atoms with Gasteiger partial charge in [-0.3, -0.25) is 0 Å². The van der Waals surface area contributed by atoms with E-state index in [1.54, 1.807) is 18.2 Å². The van der Waals surface area contributed by atoms with Gasteiger partial charge in [0.1, 0.15) is 0 Å². The van der Waals surface area contributed by atoms with Crippen molar-refractivity contribution in [3.05, 3.63) is 71.6 Å². The number of nitrogens with zero attached hydrogens (tertiary/aromatic N) is 1. The van der Waals surface area contributed by atoms with Gasteiger partial charge in [0.05, 0.1) is 30.7 Å². The lowest BCUT2D eigenvalue weighted by Gasteiger charge is -2.08. The summed E-state index contributed by atoms with van der Waals surface area (Å²) in [5, 5.41) is 7.10. The normalized spacial score (nSPS) is 11.7. The van der Waals surface area contributed by atoms with Gasteiger partial charge in [0.15, 0.2) is 10.8 Å². The molecule has 0 amide bonds. The van der Waals surface area contributed by atoms with Crippen LogP contribution in [0, 0.1) is 0 Å². The van der Waals surface area contributed by atoms with Crippen molar-refractivity contribution in [3.63, 3.8) is 0 Å². The monoisotopic (exact) mass is 533 g/mol. The Balaban J connectivity index is 1.79. The number of alkyl halides is 3. The van der Waals surface area contributed by atoms with Crippen LogP contribution in [0.5, 0.6) is 0 Å². The molecule has 0 bridgehead atoms. The summed E-state index contributed by atoms with van der Waals surface area (Å²) < 4.78 is 40.3. The number of aromatic nitrogens is 1. The van der Waals surface area contributed by atoms with Crippen molar-refractivity contribution >= 4 is 80.2 Å². The molecule has 1 heterocycles. The van der Waals surface area contributed by atoms with Crippen LogP contribution < -0.4 is 10.6 Å². The largest absolute Gasteiger partial charge is 0.434 e. The standard InChI is InChI=1S/C18H11Cl5F3N3S/c19-9-4-12(22)15(13(23)5-9)28-17-29-16(18(24,25)26)14(30-17)7-27-6-8-1-2-10(20)11(21)3-8/h1-5,27H,6-7H2,(H,28,29). The van der Waals surface area contributed by atoms with E-state index in [1.165, 1.54) is 12.1 Å². The van der Waals surface area contributed by atoms with Gasteiger partial charge in [-0.1, -0.05) is 75.4 Å². The molecule has 3 aromatic rings. The Hall–Kier alpha value is -0.930. The number of rotatable bonds is 6. The predicted molar refractivity (Wildman–Crippen MR) is 119 cm³/mol. The van der Waals surface area contributed by atoms with E-state index in [0.717, 1.165) is 16.9 Å². The van der Waals surface area contributed by atoms with Gasteiger partial charge in [-0.2, -0.15) is 13.2 Å². The molecule has 2 aromatic carbocycles. The minimum atomic E-state index is -4.62. The van der Waals surface area contributed by atoms with Crippen LogP contribution in [0.3, 0.4) is 0 Å². The maximum absolute atomic E-state index is 13.4. The number of thiazole rings is 1. The molecule has 0 spiro atoms. The fraction of sp³-hybridized carbons (Fsp3) is 0.167. The molecule has 0 aliphatic heterocycles. The van der Waals surface area contributed by atoms with Gasteiger partial charge in [0.2, 0.25) is 0 Å². The third kappa shape index (κ3) is 5.85. The van der Waals surface area contributed by atoms with Crippen LogP contribution in [0.15, 0.2) is 30.3 Å². The van der Waals surface area contributed by atoms with Gasteiger partial charge < -0.3 is 10.6 Å². The van der Waals surface area contributed by atoms with Gasteiger partial charge >= 0.3 is 6.18 Å². The molecule has 2 N–H and O–H groups in total. The second kappa shape index (κ2) is 9.69. The molecule has 0 saturated heterocycles. The zero-order chi connectivity index (χ0) is 22.1. The van der Waals surface area contributed by atoms with Gasteiger partial charge in [-0.15, -0.1) is 0 Å². The summed E-state index contributed by atoms with van der Waals surface area (Å²) in [4.78, 5) is 3.69. The third-order valence-electron chi connectivity index (χ3n) is 3.80. The molecule has 160 valence electrons. The van der Waals surface area contributed by atoms with Gasteiger partial charge in [0, 0.05) is 18.1 Å². The first-order valence-electron chi connectivity index (χ1n) is 8.17. The summed E-state index contributed by atoms with van der Waals surface area (Å²) in [6.07, 6.45) is -4.62. The van der Waals surface area contributed by atoms with Crippen LogP contribution in [-0.4, -0.2) is 4.98 Å².